The molecule has 0 amide bonds. The van der Waals surface area contributed by atoms with Crippen molar-refractivity contribution in [1.29, 1.82) is 0 Å². The van der Waals surface area contributed by atoms with Crippen LogP contribution in [0.3, 0.4) is 0 Å². The van der Waals surface area contributed by atoms with E-state index in [1.54, 1.807) is 0 Å². The number of morpholine rings is 1. The van der Waals surface area contributed by atoms with Crippen LogP contribution in [-0.4, -0.2) is 49.6 Å². The number of rotatable bonds is 2. The van der Waals surface area contributed by atoms with Crippen LogP contribution in [0.15, 0.2) is 24.3 Å². The van der Waals surface area contributed by atoms with Gasteiger partial charge in [0.2, 0.25) is 0 Å². The number of anilines is 1. The van der Waals surface area contributed by atoms with Gasteiger partial charge in [-0.1, -0.05) is 24.3 Å². The maximum absolute atomic E-state index is 11.8. The maximum atomic E-state index is 11.8. The number of ether oxygens (including phenoxy) is 2. The number of benzene rings is 1. The Bertz CT molecular complexity index is 639. The fourth-order valence-electron chi connectivity index (χ4n) is 2.35. The first-order chi connectivity index (χ1) is 9.81. The van der Waals surface area contributed by atoms with E-state index in [2.05, 4.69) is 15.1 Å². The molecule has 3 rings (SSSR count). The van der Waals surface area contributed by atoms with E-state index in [4.69, 9.17) is 9.47 Å². The zero-order chi connectivity index (χ0) is 13.9. The van der Waals surface area contributed by atoms with Gasteiger partial charge in [-0.2, -0.15) is 0 Å². The van der Waals surface area contributed by atoms with Crippen LogP contribution in [0.5, 0.6) is 0 Å². The average molecular weight is 273 g/mol. The number of hydrogen-bond acceptors (Lipinski definition) is 6. The Morgan fingerprint density at radius 1 is 1.20 bits per heavy atom. The average Bonchev–Trinajstić information content (AvgIpc) is 2.54. The van der Waals surface area contributed by atoms with Crippen LogP contribution in [0.4, 0.5) is 5.82 Å². The second kappa shape index (κ2) is 5.42. The molecule has 6 heteroatoms. The summed E-state index contributed by atoms with van der Waals surface area (Å²) in [6.45, 7) is 2.90. The first-order valence-corrected chi connectivity index (χ1v) is 6.47. The predicted molar refractivity (Wildman–Crippen MR) is 73.9 cm³/mol. The Balaban J connectivity index is 2.13. The molecule has 1 aliphatic rings. The number of fused-ring (bicyclic) bond motifs is 1. The minimum Gasteiger partial charge on any atom is -0.464 e. The lowest BCUT2D eigenvalue weighted by atomic mass is 10.1. The van der Waals surface area contributed by atoms with E-state index < -0.39 is 5.97 Å². The molecule has 104 valence electrons. The second-order valence-corrected chi connectivity index (χ2v) is 4.51. The number of aromatic nitrogens is 2. The molecule has 1 saturated heterocycles. The SMILES string of the molecule is COC(=O)c1nnc(N2CCOCC2)c2ccccc12. The van der Waals surface area contributed by atoms with E-state index >= 15 is 0 Å². The molecule has 0 radical (unpaired) electrons. The molecule has 0 spiro atoms. The van der Waals surface area contributed by atoms with Gasteiger partial charge in [0.1, 0.15) is 0 Å². The van der Waals surface area contributed by atoms with Crippen LogP contribution in [0, 0.1) is 0 Å². The normalized spacial score (nSPS) is 15.3. The lowest BCUT2D eigenvalue weighted by Crippen LogP contribution is -2.37. The summed E-state index contributed by atoms with van der Waals surface area (Å²) in [5.41, 5.74) is 0.250. The third kappa shape index (κ3) is 2.18. The van der Waals surface area contributed by atoms with Crippen molar-refractivity contribution in [3.8, 4) is 0 Å². The van der Waals surface area contributed by atoms with Gasteiger partial charge in [-0.3, -0.25) is 0 Å². The fraction of sp³-hybridized carbons (Fsp3) is 0.357. The smallest absolute Gasteiger partial charge is 0.359 e. The van der Waals surface area contributed by atoms with E-state index in [0.717, 1.165) is 29.7 Å². The van der Waals surface area contributed by atoms with Crippen LogP contribution >= 0.6 is 0 Å². The minimum absolute atomic E-state index is 0.250. The largest absolute Gasteiger partial charge is 0.464 e. The van der Waals surface area contributed by atoms with Crippen LogP contribution in [0.2, 0.25) is 0 Å². The van der Waals surface area contributed by atoms with Gasteiger partial charge < -0.3 is 14.4 Å². The molecule has 0 unspecified atom stereocenters. The zero-order valence-electron chi connectivity index (χ0n) is 11.2. The van der Waals surface area contributed by atoms with Crippen molar-refractivity contribution in [3.05, 3.63) is 30.0 Å². The van der Waals surface area contributed by atoms with Gasteiger partial charge in [-0.05, 0) is 0 Å². The molecule has 0 atom stereocenters. The van der Waals surface area contributed by atoms with Crippen molar-refractivity contribution in [1.82, 2.24) is 10.2 Å². The lowest BCUT2D eigenvalue weighted by molar-refractivity contribution is 0.0595. The summed E-state index contributed by atoms with van der Waals surface area (Å²) in [7, 11) is 1.34. The standard InChI is InChI=1S/C14H15N3O3/c1-19-14(18)12-10-4-2-3-5-11(10)13(16-15-12)17-6-8-20-9-7-17/h2-5H,6-9H2,1H3. The van der Waals surface area contributed by atoms with E-state index in [1.807, 2.05) is 24.3 Å². The van der Waals surface area contributed by atoms with E-state index in [9.17, 15) is 4.79 Å². The summed E-state index contributed by atoms with van der Waals surface area (Å²) in [6, 6.07) is 7.61. The van der Waals surface area contributed by atoms with Gasteiger partial charge in [0, 0.05) is 23.9 Å². The summed E-state index contributed by atoms with van der Waals surface area (Å²) in [5.74, 6) is 0.318. The van der Waals surface area contributed by atoms with E-state index in [-0.39, 0.29) is 5.69 Å². The number of esters is 1. The van der Waals surface area contributed by atoms with Crippen LogP contribution in [0.1, 0.15) is 10.5 Å². The van der Waals surface area contributed by atoms with Crippen LogP contribution in [-0.2, 0) is 9.47 Å². The zero-order valence-corrected chi connectivity index (χ0v) is 11.2. The Hall–Kier alpha value is -2.21. The van der Waals surface area contributed by atoms with Crippen molar-refractivity contribution in [2.75, 3.05) is 38.3 Å². The van der Waals surface area contributed by atoms with Gasteiger partial charge in [0.15, 0.2) is 11.5 Å². The Kier molecular flexibility index (Phi) is 3.47. The van der Waals surface area contributed by atoms with E-state index in [0.29, 0.717) is 13.2 Å². The van der Waals surface area contributed by atoms with Crippen molar-refractivity contribution in [2.45, 2.75) is 0 Å². The third-order valence-corrected chi connectivity index (χ3v) is 3.36. The summed E-state index contributed by atoms with van der Waals surface area (Å²) in [4.78, 5) is 13.9. The Morgan fingerprint density at radius 2 is 1.90 bits per heavy atom. The molecule has 1 aromatic heterocycles. The highest BCUT2D eigenvalue weighted by atomic mass is 16.5. The fourth-order valence-corrected chi connectivity index (χ4v) is 2.35. The molecule has 6 nitrogen and oxygen atoms in total. The molecule has 1 fully saturated rings. The van der Waals surface area contributed by atoms with Crippen molar-refractivity contribution >= 4 is 22.6 Å². The van der Waals surface area contributed by atoms with Gasteiger partial charge >= 0.3 is 5.97 Å². The minimum atomic E-state index is -0.470. The van der Waals surface area contributed by atoms with Crippen molar-refractivity contribution < 1.29 is 14.3 Å². The number of carbonyl (C=O) groups is 1. The van der Waals surface area contributed by atoms with Gasteiger partial charge in [-0.15, -0.1) is 10.2 Å². The van der Waals surface area contributed by atoms with Gasteiger partial charge in [-0.25, -0.2) is 4.79 Å². The first kappa shape index (κ1) is 12.8. The van der Waals surface area contributed by atoms with Crippen molar-refractivity contribution in [3.63, 3.8) is 0 Å². The first-order valence-electron chi connectivity index (χ1n) is 6.47. The molecule has 1 aromatic carbocycles. The molecule has 0 bridgehead atoms. The number of methoxy groups -OCH3 is 1. The molecular formula is C14H15N3O3. The molecule has 2 aromatic rings. The highest BCUT2D eigenvalue weighted by molar-refractivity contribution is 6.05. The topological polar surface area (TPSA) is 64.5 Å². The molecule has 20 heavy (non-hydrogen) atoms. The summed E-state index contributed by atoms with van der Waals surface area (Å²) in [6.07, 6.45) is 0. The summed E-state index contributed by atoms with van der Waals surface area (Å²) >= 11 is 0. The Morgan fingerprint density at radius 3 is 2.60 bits per heavy atom. The summed E-state index contributed by atoms with van der Waals surface area (Å²) < 4.78 is 10.1. The number of carbonyl (C=O) groups excluding carboxylic acids is 1. The third-order valence-electron chi connectivity index (χ3n) is 3.36. The van der Waals surface area contributed by atoms with Crippen LogP contribution in [0.25, 0.3) is 10.8 Å². The van der Waals surface area contributed by atoms with Gasteiger partial charge in [0.25, 0.3) is 0 Å². The molecule has 0 saturated carbocycles. The highest BCUT2D eigenvalue weighted by Gasteiger charge is 2.20. The molecule has 1 aliphatic heterocycles. The maximum Gasteiger partial charge on any atom is 0.359 e. The second-order valence-electron chi connectivity index (χ2n) is 4.51. The predicted octanol–water partition coefficient (Wildman–Crippen LogP) is 1.25. The highest BCUT2D eigenvalue weighted by Crippen LogP contribution is 2.26. The molecule has 0 N–H and O–H groups in total. The number of nitrogens with zero attached hydrogens (tertiary/aromatic N) is 3. The quantitative estimate of drug-likeness (QED) is 0.767. The Labute approximate surface area is 116 Å². The molecule has 2 heterocycles. The lowest BCUT2D eigenvalue weighted by Gasteiger charge is -2.28. The van der Waals surface area contributed by atoms with Crippen molar-refractivity contribution in [2.24, 2.45) is 0 Å². The van der Waals surface area contributed by atoms with Crippen LogP contribution < -0.4 is 4.90 Å². The monoisotopic (exact) mass is 273 g/mol. The number of hydrogen-bond donors (Lipinski definition) is 0. The summed E-state index contributed by atoms with van der Waals surface area (Å²) in [5, 5.41) is 9.93. The van der Waals surface area contributed by atoms with E-state index in [1.165, 1.54) is 7.11 Å². The molecule has 0 aliphatic carbocycles. The molecular weight excluding hydrogens is 258 g/mol. The van der Waals surface area contributed by atoms with Gasteiger partial charge in [0.05, 0.1) is 20.3 Å².